The van der Waals surface area contributed by atoms with Gasteiger partial charge in [-0.05, 0) is 52.3 Å². The van der Waals surface area contributed by atoms with E-state index >= 15 is 0 Å². The lowest BCUT2D eigenvalue weighted by Crippen LogP contribution is -2.48. The minimum absolute atomic E-state index is 0.00158. The van der Waals surface area contributed by atoms with E-state index in [9.17, 15) is 9.59 Å². The molecule has 1 aliphatic rings. The van der Waals surface area contributed by atoms with E-state index in [1.165, 1.54) is 5.56 Å². The van der Waals surface area contributed by atoms with Crippen molar-refractivity contribution in [2.75, 3.05) is 33.4 Å². The molecule has 1 aromatic heterocycles. The van der Waals surface area contributed by atoms with Gasteiger partial charge in [0, 0.05) is 44.2 Å². The average molecular weight is 516 g/mol. The first-order valence-electron chi connectivity index (χ1n) is 13.5. The van der Waals surface area contributed by atoms with Crippen LogP contribution >= 0.6 is 0 Å². The smallest absolute Gasteiger partial charge is 0.254 e. The summed E-state index contributed by atoms with van der Waals surface area (Å²) in [5.74, 6) is 0.218. The second kappa shape index (κ2) is 11.6. The standard InChI is InChI=1S/C32H41N3O3/c1-23(2)24-9-11-25(12-10-24)30-28-8-7-17-33(28)18-19-35(30)29(36)22-34(20-21-38-6)31(37)26-13-15-27(16-14-26)32(3,4)5/h7-17,23,30H,18-22H2,1-6H3. The molecular formula is C32H41N3O3. The second-order valence-corrected chi connectivity index (χ2v) is 11.5. The number of fused-ring (bicyclic) bond motifs is 1. The first-order valence-corrected chi connectivity index (χ1v) is 13.5. The van der Waals surface area contributed by atoms with E-state index in [2.05, 4.69) is 75.7 Å². The summed E-state index contributed by atoms with van der Waals surface area (Å²) < 4.78 is 7.50. The van der Waals surface area contributed by atoms with Crippen LogP contribution in [0.15, 0.2) is 66.9 Å². The molecule has 0 saturated carbocycles. The fourth-order valence-corrected chi connectivity index (χ4v) is 5.07. The number of aromatic nitrogens is 1. The minimum atomic E-state index is -0.196. The Labute approximate surface area is 227 Å². The zero-order valence-electron chi connectivity index (χ0n) is 23.6. The number of hydrogen-bond acceptors (Lipinski definition) is 3. The molecule has 0 radical (unpaired) electrons. The van der Waals surface area contributed by atoms with Gasteiger partial charge in [-0.1, -0.05) is 71.0 Å². The summed E-state index contributed by atoms with van der Waals surface area (Å²) in [7, 11) is 1.61. The molecule has 0 fully saturated rings. The molecule has 6 nitrogen and oxygen atoms in total. The van der Waals surface area contributed by atoms with Crippen molar-refractivity contribution < 1.29 is 14.3 Å². The highest BCUT2D eigenvalue weighted by Gasteiger charge is 2.33. The zero-order valence-corrected chi connectivity index (χ0v) is 23.6. The maximum atomic E-state index is 13.9. The van der Waals surface area contributed by atoms with E-state index in [0.29, 0.717) is 31.2 Å². The van der Waals surface area contributed by atoms with Crippen molar-refractivity contribution in [2.45, 2.75) is 58.5 Å². The number of amides is 2. The summed E-state index contributed by atoms with van der Waals surface area (Å²) in [6.45, 7) is 12.8. The predicted molar refractivity (Wildman–Crippen MR) is 151 cm³/mol. The second-order valence-electron chi connectivity index (χ2n) is 11.5. The Balaban J connectivity index is 1.59. The van der Waals surface area contributed by atoms with Gasteiger partial charge in [-0.25, -0.2) is 0 Å². The first-order chi connectivity index (χ1) is 18.1. The van der Waals surface area contributed by atoms with Crippen molar-refractivity contribution in [1.29, 1.82) is 0 Å². The van der Waals surface area contributed by atoms with Gasteiger partial charge < -0.3 is 19.1 Å². The fraction of sp³-hybridized carbons (Fsp3) is 0.438. The summed E-state index contributed by atoms with van der Waals surface area (Å²) in [5.41, 5.74) is 5.18. The molecule has 2 aromatic carbocycles. The van der Waals surface area contributed by atoms with Crippen molar-refractivity contribution in [3.05, 3.63) is 94.8 Å². The summed E-state index contributed by atoms with van der Waals surface area (Å²) in [4.78, 5) is 30.9. The molecule has 0 bridgehead atoms. The molecule has 0 aliphatic carbocycles. The number of hydrogen-bond donors (Lipinski definition) is 0. The Morgan fingerprint density at radius 2 is 1.68 bits per heavy atom. The Hall–Kier alpha value is -3.38. The van der Waals surface area contributed by atoms with Crippen LogP contribution in [0.1, 0.15) is 79.3 Å². The average Bonchev–Trinajstić information content (AvgIpc) is 3.38. The predicted octanol–water partition coefficient (Wildman–Crippen LogP) is 5.63. The molecule has 3 aromatic rings. The van der Waals surface area contributed by atoms with Gasteiger partial charge >= 0.3 is 0 Å². The Kier molecular flexibility index (Phi) is 8.41. The highest BCUT2D eigenvalue weighted by Crippen LogP contribution is 2.33. The quantitative estimate of drug-likeness (QED) is 0.391. The number of ether oxygens (including phenoxy) is 1. The van der Waals surface area contributed by atoms with E-state index in [-0.39, 0.29) is 29.8 Å². The van der Waals surface area contributed by atoms with Gasteiger partial charge in [-0.15, -0.1) is 0 Å². The van der Waals surface area contributed by atoms with E-state index in [1.54, 1.807) is 12.0 Å². The minimum Gasteiger partial charge on any atom is -0.383 e. The summed E-state index contributed by atoms with van der Waals surface area (Å²) in [5, 5.41) is 0. The zero-order chi connectivity index (χ0) is 27.4. The molecule has 6 heteroatoms. The Bertz CT molecular complexity index is 1240. The molecule has 202 valence electrons. The number of carbonyl (C=O) groups excluding carboxylic acids is 2. The number of nitrogens with zero attached hydrogens (tertiary/aromatic N) is 3. The molecule has 1 atom stereocenters. The van der Waals surface area contributed by atoms with Crippen LogP contribution in [-0.4, -0.2) is 59.5 Å². The molecule has 0 N–H and O–H groups in total. The van der Waals surface area contributed by atoms with Crippen LogP contribution in [0.4, 0.5) is 0 Å². The van der Waals surface area contributed by atoms with Crippen LogP contribution in [-0.2, 0) is 21.5 Å². The van der Waals surface area contributed by atoms with Crippen LogP contribution in [0.25, 0.3) is 0 Å². The third-order valence-corrected chi connectivity index (χ3v) is 7.45. The van der Waals surface area contributed by atoms with Gasteiger partial charge in [-0.3, -0.25) is 9.59 Å². The van der Waals surface area contributed by atoms with Gasteiger partial charge in [-0.2, -0.15) is 0 Å². The van der Waals surface area contributed by atoms with Crippen LogP contribution < -0.4 is 0 Å². The van der Waals surface area contributed by atoms with Gasteiger partial charge in [0.1, 0.15) is 6.54 Å². The van der Waals surface area contributed by atoms with Crippen molar-refractivity contribution in [2.24, 2.45) is 0 Å². The third-order valence-electron chi connectivity index (χ3n) is 7.45. The molecule has 2 amide bonds. The van der Waals surface area contributed by atoms with Gasteiger partial charge in [0.15, 0.2) is 0 Å². The number of benzene rings is 2. The molecule has 2 heterocycles. The lowest BCUT2D eigenvalue weighted by atomic mass is 9.86. The number of methoxy groups -OCH3 is 1. The topological polar surface area (TPSA) is 54.8 Å². The first kappa shape index (κ1) is 27.6. The SMILES string of the molecule is COCCN(CC(=O)N1CCn2cccc2C1c1ccc(C(C)C)cc1)C(=O)c1ccc(C(C)(C)C)cc1. The molecule has 0 spiro atoms. The maximum absolute atomic E-state index is 13.9. The summed E-state index contributed by atoms with van der Waals surface area (Å²) >= 11 is 0. The van der Waals surface area contributed by atoms with Crippen molar-refractivity contribution in [3.8, 4) is 0 Å². The monoisotopic (exact) mass is 515 g/mol. The van der Waals surface area contributed by atoms with E-state index in [4.69, 9.17) is 4.74 Å². The molecule has 4 rings (SSSR count). The number of carbonyl (C=O) groups is 2. The Morgan fingerprint density at radius 3 is 2.29 bits per heavy atom. The van der Waals surface area contributed by atoms with Crippen molar-refractivity contribution in [1.82, 2.24) is 14.4 Å². The highest BCUT2D eigenvalue weighted by atomic mass is 16.5. The lowest BCUT2D eigenvalue weighted by molar-refractivity contribution is -0.134. The number of rotatable bonds is 8. The van der Waals surface area contributed by atoms with Gasteiger partial charge in [0.2, 0.25) is 5.91 Å². The Morgan fingerprint density at radius 1 is 1.00 bits per heavy atom. The van der Waals surface area contributed by atoms with Gasteiger partial charge in [0.05, 0.1) is 12.6 Å². The van der Waals surface area contributed by atoms with E-state index < -0.39 is 0 Å². The molecular weight excluding hydrogens is 474 g/mol. The fourth-order valence-electron chi connectivity index (χ4n) is 5.07. The highest BCUT2D eigenvalue weighted by molar-refractivity contribution is 5.96. The van der Waals surface area contributed by atoms with Crippen molar-refractivity contribution >= 4 is 11.8 Å². The van der Waals surface area contributed by atoms with Gasteiger partial charge in [0.25, 0.3) is 5.91 Å². The lowest BCUT2D eigenvalue weighted by Gasteiger charge is -2.38. The van der Waals surface area contributed by atoms with Crippen LogP contribution in [0, 0.1) is 0 Å². The summed E-state index contributed by atoms with van der Waals surface area (Å²) in [6.07, 6.45) is 2.07. The van der Waals surface area contributed by atoms with Crippen LogP contribution in [0.2, 0.25) is 0 Å². The van der Waals surface area contributed by atoms with Crippen LogP contribution in [0.3, 0.4) is 0 Å². The van der Waals surface area contributed by atoms with E-state index in [1.807, 2.05) is 35.2 Å². The third kappa shape index (κ3) is 6.02. The normalized spacial score (nSPS) is 15.4. The molecule has 0 saturated heterocycles. The molecule has 1 aliphatic heterocycles. The van der Waals surface area contributed by atoms with E-state index in [0.717, 1.165) is 23.4 Å². The molecule has 1 unspecified atom stereocenters. The summed E-state index contributed by atoms with van der Waals surface area (Å²) in [6, 6.07) is 20.2. The molecule has 38 heavy (non-hydrogen) atoms. The maximum Gasteiger partial charge on any atom is 0.254 e. The van der Waals surface area contributed by atoms with Crippen molar-refractivity contribution in [3.63, 3.8) is 0 Å². The largest absolute Gasteiger partial charge is 0.383 e. The van der Waals surface area contributed by atoms with Crippen LogP contribution in [0.5, 0.6) is 0 Å².